The van der Waals surface area contributed by atoms with Gasteiger partial charge < -0.3 is 9.47 Å². The highest BCUT2D eigenvalue weighted by Crippen LogP contribution is 2.42. The van der Waals surface area contributed by atoms with E-state index in [9.17, 15) is 9.59 Å². The minimum atomic E-state index is -0.348. The Morgan fingerprint density at radius 2 is 1.52 bits per heavy atom. The first-order chi connectivity index (χ1) is 16.0. The van der Waals surface area contributed by atoms with Crippen molar-refractivity contribution >= 4 is 17.6 Å². The van der Waals surface area contributed by atoms with Crippen molar-refractivity contribution < 1.29 is 19.1 Å². The number of aryl methyl sites for hydroxylation is 2. The Bertz CT molecular complexity index is 1220. The van der Waals surface area contributed by atoms with Crippen LogP contribution in [0.5, 0.6) is 5.75 Å². The van der Waals surface area contributed by atoms with E-state index < -0.39 is 0 Å². The maximum atomic E-state index is 13.2. The molecule has 1 unspecified atom stereocenters. The van der Waals surface area contributed by atoms with Gasteiger partial charge in [0.25, 0.3) is 0 Å². The standard InChI is InChI=1S/C28H25NO4/c1-18-3-7-20(8-4-18)16-32-23-13-9-21(10-14-23)24-15-26(30)29(22-11-5-19(2)6-12-22)25-17-33-28(31)27(24)25/h3-14,24H,15-17H2,1-2H3. The molecule has 2 aliphatic heterocycles. The number of ether oxygens (including phenoxy) is 2. The van der Waals surface area contributed by atoms with Crippen LogP contribution in [-0.2, 0) is 20.9 Å². The number of rotatable bonds is 5. The summed E-state index contributed by atoms with van der Waals surface area (Å²) in [4.78, 5) is 27.4. The predicted octanol–water partition coefficient (Wildman–Crippen LogP) is 5.21. The molecule has 0 spiro atoms. The van der Waals surface area contributed by atoms with Crippen LogP contribution in [0.2, 0.25) is 0 Å². The zero-order valence-electron chi connectivity index (χ0n) is 18.7. The average Bonchev–Trinajstić information content (AvgIpc) is 3.21. The zero-order chi connectivity index (χ0) is 22.9. The predicted molar refractivity (Wildman–Crippen MR) is 126 cm³/mol. The van der Waals surface area contributed by atoms with Crippen LogP contribution in [0.15, 0.2) is 84.1 Å². The average molecular weight is 440 g/mol. The summed E-state index contributed by atoms with van der Waals surface area (Å²) in [6, 6.07) is 23.6. The van der Waals surface area contributed by atoms with Gasteiger partial charge >= 0.3 is 5.97 Å². The Hall–Kier alpha value is -3.86. The van der Waals surface area contributed by atoms with E-state index in [0.717, 1.165) is 28.1 Å². The summed E-state index contributed by atoms with van der Waals surface area (Å²) in [5, 5.41) is 0. The molecule has 5 heteroatoms. The molecule has 1 atom stereocenters. The number of amides is 1. The molecular formula is C28H25NO4. The number of nitrogens with zero attached hydrogens (tertiary/aromatic N) is 1. The highest BCUT2D eigenvalue weighted by Gasteiger charge is 2.42. The number of hydrogen-bond acceptors (Lipinski definition) is 4. The Balaban J connectivity index is 1.38. The van der Waals surface area contributed by atoms with Gasteiger partial charge in [-0.2, -0.15) is 0 Å². The monoisotopic (exact) mass is 439 g/mol. The first kappa shape index (κ1) is 21.0. The molecule has 33 heavy (non-hydrogen) atoms. The Morgan fingerprint density at radius 1 is 0.879 bits per heavy atom. The van der Waals surface area contributed by atoms with Crippen LogP contribution >= 0.6 is 0 Å². The molecular weight excluding hydrogens is 414 g/mol. The molecule has 0 fully saturated rings. The van der Waals surface area contributed by atoms with Gasteiger partial charge in [-0.05, 0) is 49.2 Å². The number of carbonyl (C=O) groups is 2. The fourth-order valence-electron chi connectivity index (χ4n) is 4.38. The lowest BCUT2D eigenvalue weighted by Crippen LogP contribution is -2.37. The van der Waals surface area contributed by atoms with Crippen molar-refractivity contribution in [1.29, 1.82) is 0 Å². The molecule has 0 aromatic heterocycles. The summed E-state index contributed by atoms with van der Waals surface area (Å²) in [6.45, 7) is 4.65. The van der Waals surface area contributed by atoms with Gasteiger partial charge in [-0.3, -0.25) is 9.69 Å². The van der Waals surface area contributed by atoms with Crippen LogP contribution in [0, 0.1) is 13.8 Å². The van der Waals surface area contributed by atoms with Gasteiger partial charge in [0, 0.05) is 18.0 Å². The molecule has 0 N–H and O–H groups in total. The summed E-state index contributed by atoms with van der Waals surface area (Å²) in [5.74, 6) is 0.0289. The van der Waals surface area contributed by atoms with Crippen LogP contribution in [0.25, 0.3) is 0 Å². The fourth-order valence-corrected chi connectivity index (χ4v) is 4.38. The Kier molecular flexibility index (Phi) is 5.47. The van der Waals surface area contributed by atoms with E-state index in [4.69, 9.17) is 9.47 Å². The second kappa shape index (κ2) is 8.58. The summed E-state index contributed by atoms with van der Waals surface area (Å²) in [5.41, 5.74) is 6.30. The Labute approximate surface area is 193 Å². The summed E-state index contributed by atoms with van der Waals surface area (Å²) < 4.78 is 11.3. The molecule has 166 valence electrons. The molecule has 0 aliphatic carbocycles. The lowest BCUT2D eigenvalue weighted by Gasteiger charge is -2.32. The minimum Gasteiger partial charge on any atom is -0.489 e. The van der Waals surface area contributed by atoms with E-state index >= 15 is 0 Å². The van der Waals surface area contributed by atoms with E-state index in [1.54, 1.807) is 4.90 Å². The molecule has 0 saturated carbocycles. The topological polar surface area (TPSA) is 55.8 Å². The van der Waals surface area contributed by atoms with Crippen LogP contribution < -0.4 is 9.64 Å². The van der Waals surface area contributed by atoms with Gasteiger partial charge in [0.05, 0.1) is 11.3 Å². The van der Waals surface area contributed by atoms with E-state index in [0.29, 0.717) is 17.9 Å². The normalized spacial score (nSPS) is 17.8. The number of benzene rings is 3. The summed E-state index contributed by atoms with van der Waals surface area (Å²) in [7, 11) is 0. The molecule has 3 aromatic rings. The highest BCUT2D eigenvalue weighted by molar-refractivity contribution is 6.06. The summed E-state index contributed by atoms with van der Waals surface area (Å²) >= 11 is 0. The third-order valence-electron chi connectivity index (χ3n) is 6.22. The molecule has 2 aliphatic rings. The molecule has 1 amide bonds. The van der Waals surface area contributed by atoms with E-state index in [1.807, 2.05) is 55.5 Å². The lowest BCUT2D eigenvalue weighted by molar-refractivity contribution is -0.136. The molecule has 0 bridgehead atoms. The van der Waals surface area contributed by atoms with Crippen molar-refractivity contribution in [2.75, 3.05) is 11.5 Å². The second-order valence-electron chi connectivity index (χ2n) is 8.60. The van der Waals surface area contributed by atoms with Crippen molar-refractivity contribution in [2.24, 2.45) is 0 Å². The van der Waals surface area contributed by atoms with Gasteiger partial charge in [-0.25, -0.2) is 4.79 Å². The first-order valence-corrected chi connectivity index (χ1v) is 11.1. The maximum absolute atomic E-state index is 13.2. The third-order valence-corrected chi connectivity index (χ3v) is 6.22. The van der Waals surface area contributed by atoms with Gasteiger partial charge in [0.15, 0.2) is 0 Å². The number of cyclic esters (lactones) is 1. The van der Waals surface area contributed by atoms with Crippen molar-refractivity contribution in [2.45, 2.75) is 32.8 Å². The van der Waals surface area contributed by atoms with Crippen molar-refractivity contribution in [3.63, 3.8) is 0 Å². The molecule has 0 radical (unpaired) electrons. The van der Waals surface area contributed by atoms with Crippen LogP contribution in [0.3, 0.4) is 0 Å². The quantitative estimate of drug-likeness (QED) is 0.512. The van der Waals surface area contributed by atoms with Gasteiger partial charge in [0.2, 0.25) is 5.91 Å². The Morgan fingerprint density at radius 3 is 2.18 bits per heavy atom. The number of hydrogen-bond donors (Lipinski definition) is 0. The zero-order valence-corrected chi connectivity index (χ0v) is 18.7. The SMILES string of the molecule is Cc1ccc(COc2ccc(C3CC(=O)N(c4ccc(C)cc4)C4=C3C(=O)OC4)cc2)cc1. The number of anilines is 1. The molecule has 5 rings (SSSR count). The van der Waals surface area contributed by atoms with Gasteiger partial charge in [-0.1, -0.05) is 59.7 Å². The molecule has 2 heterocycles. The number of esters is 1. The summed E-state index contributed by atoms with van der Waals surface area (Å²) in [6.07, 6.45) is 0.214. The van der Waals surface area contributed by atoms with Crippen molar-refractivity contribution in [1.82, 2.24) is 0 Å². The fraction of sp³-hybridized carbons (Fsp3) is 0.214. The van der Waals surface area contributed by atoms with Gasteiger partial charge in [0.1, 0.15) is 19.0 Å². The van der Waals surface area contributed by atoms with E-state index in [-0.39, 0.29) is 30.8 Å². The highest BCUT2D eigenvalue weighted by atomic mass is 16.5. The van der Waals surface area contributed by atoms with E-state index in [2.05, 4.69) is 31.2 Å². The maximum Gasteiger partial charge on any atom is 0.336 e. The molecule has 3 aromatic carbocycles. The van der Waals surface area contributed by atoms with Crippen LogP contribution in [-0.4, -0.2) is 18.5 Å². The molecule has 5 nitrogen and oxygen atoms in total. The second-order valence-corrected chi connectivity index (χ2v) is 8.60. The van der Waals surface area contributed by atoms with Crippen LogP contribution in [0.4, 0.5) is 5.69 Å². The minimum absolute atomic E-state index is 0.0411. The lowest BCUT2D eigenvalue weighted by atomic mass is 9.84. The smallest absolute Gasteiger partial charge is 0.336 e. The first-order valence-electron chi connectivity index (χ1n) is 11.1. The number of carbonyl (C=O) groups excluding carboxylic acids is 2. The van der Waals surface area contributed by atoms with Crippen molar-refractivity contribution in [3.8, 4) is 5.75 Å². The van der Waals surface area contributed by atoms with E-state index in [1.165, 1.54) is 5.56 Å². The van der Waals surface area contributed by atoms with Crippen LogP contribution in [0.1, 0.15) is 34.6 Å². The largest absolute Gasteiger partial charge is 0.489 e. The van der Waals surface area contributed by atoms with Gasteiger partial charge in [-0.15, -0.1) is 0 Å². The van der Waals surface area contributed by atoms with Crippen molar-refractivity contribution in [3.05, 3.63) is 106 Å². The third kappa shape index (κ3) is 4.14. The molecule has 0 saturated heterocycles.